The summed E-state index contributed by atoms with van der Waals surface area (Å²) >= 11 is 12.0. The van der Waals surface area contributed by atoms with Gasteiger partial charge < -0.3 is 19.5 Å². The quantitative estimate of drug-likeness (QED) is 0.622. The summed E-state index contributed by atoms with van der Waals surface area (Å²) < 4.78 is 5.73. The van der Waals surface area contributed by atoms with E-state index in [1.807, 2.05) is 35.4 Å². The number of aromatic nitrogens is 1. The average molecular weight is 460 g/mol. The number of rotatable bonds is 5. The molecule has 1 aromatic heterocycles. The second kappa shape index (κ2) is 9.20. The number of nitrogens with zero attached hydrogens (tertiary/aromatic N) is 2. The van der Waals surface area contributed by atoms with Crippen molar-refractivity contribution >= 4 is 45.9 Å². The Morgan fingerprint density at radius 2 is 1.77 bits per heavy atom. The Morgan fingerprint density at radius 1 is 1.06 bits per heavy atom. The summed E-state index contributed by atoms with van der Waals surface area (Å²) in [6.45, 7) is 3.64. The van der Waals surface area contributed by atoms with E-state index in [4.69, 9.17) is 27.9 Å². The fraction of sp³-hybridized carbons (Fsp3) is 0.304. The minimum atomic E-state index is -0.688. The summed E-state index contributed by atoms with van der Waals surface area (Å²) in [5.41, 5.74) is 2.01. The lowest BCUT2D eigenvalue weighted by Crippen LogP contribution is -2.53. The molecule has 1 unspecified atom stereocenters. The van der Waals surface area contributed by atoms with Crippen molar-refractivity contribution in [1.29, 1.82) is 0 Å². The number of carbonyl (C=O) groups is 2. The van der Waals surface area contributed by atoms with Gasteiger partial charge in [0.2, 0.25) is 5.91 Å². The first kappa shape index (κ1) is 21.5. The first-order valence-electron chi connectivity index (χ1n) is 10.2. The Hall–Kier alpha value is -2.70. The molecule has 3 aromatic rings. The molecule has 0 spiro atoms. The van der Waals surface area contributed by atoms with Gasteiger partial charge in [-0.2, -0.15) is 0 Å². The number of amides is 2. The van der Waals surface area contributed by atoms with Crippen LogP contribution in [0.1, 0.15) is 12.5 Å². The molecule has 162 valence electrons. The summed E-state index contributed by atoms with van der Waals surface area (Å²) in [5.74, 6) is 0.350. The third kappa shape index (κ3) is 4.81. The number of aromatic amines is 1. The Labute approximate surface area is 190 Å². The van der Waals surface area contributed by atoms with Crippen molar-refractivity contribution in [3.63, 3.8) is 0 Å². The van der Waals surface area contributed by atoms with E-state index in [1.165, 1.54) is 0 Å². The predicted molar refractivity (Wildman–Crippen MR) is 122 cm³/mol. The topological polar surface area (TPSA) is 65.6 Å². The maximum atomic E-state index is 12.8. The van der Waals surface area contributed by atoms with Gasteiger partial charge in [0.25, 0.3) is 5.91 Å². The van der Waals surface area contributed by atoms with E-state index in [-0.39, 0.29) is 11.8 Å². The summed E-state index contributed by atoms with van der Waals surface area (Å²) in [4.78, 5) is 32.3. The lowest BCUT2D eigenvalue weighted by Gasteiger charge is -2.36. The van der Waals surface area contributed by atoms with Gasteiger partial charge in [-0.1, -0.05) is 41.4 Å². The summed E-state index contributed by atoms with van der Waals surface area (Å²) in [6.07, 6.45) is 1.54. The summed E-state index contributed by atoms with van der Waals surface area (Å²) in [5, 5.41) is 1.93. The minimum Gasteiger partial charge on any atom is -0.479 e. The molecule has 2 amide bonds. The maximum absolute atomic E-state index is 12.8. The van der Waals surface area contributed by atoms with Crippen LogP contribution >= 0.6 is 23.2 Å². The SMILES string of the molecule is CC(Oc1ccc(Cl)cc1Cl)C(=O)N1CCN(C(=O)Cc2c[nH]c3ccccc23)CC1. The monoisotopic (exact) mass is 459 g/mol. The lowest BCUT2D eigenvalue weighted by molar-refractivity contribution is -0.143. The van der Waals surface area contributed by atoms with E-state index >= 15 is 0 Å². The lowest BCUT2D eigenvalue weighted by atomic mass is 10.1. The van der Waals surface area contributed by atoms with Gasteiger partial charge in [-0.25, -0.2) is 0 Å². The Balaban J connectivity index is 1.31. The normalized spacial score (nSPS) is 15.2. The molecule has 0 saturated carbocycles. The fourth-order valence-corrected chi connectivity index (χ4v) is 4.25. The highest BCUT2D eigenvalue weighted by atomic mass is 35.5. The van der Waals surface area contributed by atoms with Gasteiger partial charge in [-0.3, -0.25) is 9.59 Å². The van der Waals surface area contributed by atoms with Crippen molar-refractivity contribution in [2.45, 2.75) is 19.4 Å². The second-order valence-electron chi connectivity index (χ2n) is 7.58. The van der Waals surface area contributed by atoms with Crippen LogP contribution in [0, 0.1) is 0 Å². The smallest absolute Gasteiger partial charge is 0.263 e. The number of piperazine rings is 1. The van der Waals surface area contributed by atoms with Crippen molar-refractivity contribution in [2.75, 3.05) is 26.2 Å². The molecular formula is C23H23Cl2N3O3. The van der Waals surface area contributed by atoms with Crippen LogP contribution in [0.15, 0.2) is 48.7 Å². The van der Waals surface area contributed by atoms with Gasteiger partial charge in [-0.05, 0) is 36.8 Å². The van der Waals surface area contributed by atoms with Crippen molar-refractivity contribution in [2.24, 2.45) is 0 Å². The van der Waals surface area contributed by atoms with Crippen LogP contribution < -0.4 is 4.74 Å². The van der Waals surface area contributed by atoms with Gasteiger partial charge in [0.05, 0.1) is 11.4 Å². The van der Waals surface area contributed by atoms with Crippen LogP contribution in [0.5, 0.6) is 5.75 Å². The molecule has 1 aliphatic rings. The van der Waals surface area contributed by atoms with Crippen LogP contribution in [-0.2, 0) is 16.0 Å². The first-order chi connectivity index (χ1) is 14.9. The molecule has 31 heavy (non-hydrogen) atoms. The van der Waals surface area contributed by atoms with E-state index in [2.05, 4.69) is 4.98 Å². The van der Waals surface area contributed by atoms with Gasteiger partial charge in [0, 0.05) is 48.3 Å². The summed E-state index contributed by atoms with van der Waals surface area (Å²) in [6, 6.07) is 12.8. The van der Waals surface area contributed by atoms with E-state index in [9.17, 15) is 9.59 Å². The summed E-state index contributed by atoms with van der Waals surface area (Å²) in [7, 11) is 0. The third-order valence-electron chi connectivity index (χ3n) is 5.51. The molecule has 0 radical (unpaired) electrons. The zero-order valence-electron chi connectivity index (χ0n) is 17.1. The van der Waals surface area contributed by atoms with Crippen LogP contribution in [0.25, 0.3) is 10.9 Å². The number of nitrogens with one attached hydrogen (secondary N) is 1. The molecule has 1 aliphatic heterocycles. The first-order valence-corrected chi connectivity index (χ1v) is 10.9. The van der Waals surface area contributed by atoms with E-state index in [1.54, 1.807) is 30.0 Å². The van der Waals surface area contributed by atoms with E-state index in [0.717, 1.165) is 16.5 Å². The van der Waals surface area contributed by atoms with Crippen LogP contribution in [0.2, 0.25) is 10.0 Å². The molecule has 1 saturated heterocycles. The Bertz CT molecular complexity index is 1110. The fourth-order valence-electron chi connectivity index (χ4n) is 3.80. The highest BCUT2D eigenvalue weighted by Gasteiger charge is 2.28. The molecule has 8 heteroatoms. The van der Waals surface area contributed by atoms with Crippen molar-refractivity contribution in [1.82, 2.24) is 14.8 Å². The molecule has 2 heterocycles. The predicted octanol–water partition coefficient (Wildman–Crippen LogP) is 4.16. The number of H-pyrrole nitrogens is 1. The molecule has 1 N–H and O–H groups in total. The van der Waals surface area contributed by atoms with Crippen molar-refractivity contribution in [3.05, 3.63) is 64.3 Å². The molecule has 1 fully saturated rings. The molecule has 0 aliphatic carbocycles. The molecule has 2 aromatic carbocycles. The number of hydrogen-bond donors (Lipinski definition) is 1. The average Bonchev–Trinajstić information content (AvgIpc) is 3.18. The van der Waals surface area contributed by atoms with Gasteiger partial charge in [0.15, 0.2) is 6.10 Å². The molecule has 0 bridgehead atoms. The standard InChI is InChI=1S/C23H23Cl2N3O3/c1-15(31-21-7-6-17(24)13-19(21)25)23(30)28-10-8-27(9-11-28)22(29)12-16-14-26-20-5-3-2-4-18(16)20/h2-7,13-15,26H,8-12H2,1H3. The van der Waals surface area contributed by atoms with Crippen molar-refractivity contribution in [3.8, 4) is 5.75 Å². The van der Waals surface area contributed by atoms with Crippen LogP contribution in [0.4, 0.5) is 0 Å². The van der Waals surface area contributed by atoms with Crippen molar-refractivity contribution < 1.29 is 14.3 Å². The number of ether oxygens (including phenoxy) is 1. The molecular weight excluding hydrogens is 437 g/mol. The Kier molecular flexibility index (Phi) is 6.39. The second-order valence-corrected chi connectivity index (χ2v) is 8.42. The van der Waals surface area contributed by atoms with Gasteiger partial charge in [-0.15, -0.1) is 0 Å². The van der Waals surface area contributed by atoms with E-state index in [0.29, 0.717) is 48.4 Å². The number of fused-ring (bicyclic) bond motifs is 1. The number of benzene rings is 2. The maximum Gasteiger partial charge on any atom is 0.263 e. The minimum absolute atomic E-state index is 0.0640. The zero-order valence-corrected chi connectivity index (χ0v) is 18.6. The zero-order chi connectivity index (χ0) is 22.0. The van der Waals surface area contributed by atoms with E-state index < -0.39 is 6.10 Å². The number of hydrogen-bond acceptors (Lipinski definition) is 3. The Morgan fingerprint density at radius 3 is 2.52 bits per heavy atom. The highest BCUT2D eigenvalue weighted by Crippen LogP contribution is 2.28. The molecule has 4 rings (SSSR count). The number of halogens is 2. The highest BCUT2D eigenvalue weighted by molar-refractivity contribution is 6.35. The van der Waals surface area contributed by atoms with Crippen LogP contribution in [-0.4, -0.2) is 58.9 Å². The largest absolute Gasteiger partial charge is 0.479 e. The van der Waals surface area contributed by atoms with Crippen LogP contribution in [0.3, 0.4) is 0 Å². The van der Waals surface area contributed by atoms with Gasteiger partial charge >= 0.3 is 0 Å². The van der Waals surface area contributed by atoms with Gasteiger partial charge in [0.1, 0.15) is 5.75 Å². The third-order valence-corrected chi connectivity index (χ3v) is 6.04. The number of para-hydroxylation sites is 1. The molecule has 1 atom stereocenters. The number of carbonyl (C=O) groups excluding carboxylic acids is 2. The molecule has 6 nitrogen and oxygen atoms in total.